The van der Waals surface area contributed by atoms with Crippen LogP contribution in [-0.4, -0.2) is 35.5 Å². The smallest absolute Gasteiger partial charge is 0.408 e. The van der Waals surface area contributed by atoms with Gasteiger partial charge in [-0.1, -0.05) is 29.4 Å². The van der Waals surface area contributed by atoms with Crippen molar-refractivity contribution in [2.75, 3.05) is 7.11 Å². The number of carbonyl (C=O) groups is 1. The third-order valence-corrected chi connectivity index (χ3v) is 3.69. The van der Waals surface area contributed by atoms with Crippen LogP contribution in [0.15, 0.2) is 53.7 Å². The van der Waals surface area contributed by atoms with E-state index in [1.165, 1.54) is 30.4 Å². The van der Waals surface area contributed by atoms with Crippen molar-refractivity contribution in [1.29, 1.82) is 0 Å². The molecular formula is C19H21FN2O4. The van der Waals surface area contributed by atoms with E-state index in [1.807, 2.05) is 0 Å². The topological polar surface area (TPSA) is 71.4 Å². The Bertz CT molecular complexity index is 749. The summed E-state index contributed by atoms with van der Waals surface area (Å²) in [7, 11) is 1.40. The molecule has 0 aliphatic carbocycles. The van der Waals surface area contributed by atoms with Crippen molar-refractivity contribution >= 4 is 12.3 Å². The van der Waals surface area contributed by atoms with Crippen LogP contribution in [0.1, 0.15) is 18.1 Å². The van der Waals surface area contributed by atoms with Crippen molar-refractivity contribution in [3.05, 3.63) is 65.5 Å². The van der Waals surface area contributed by atoms with Gasteiger partial charge >= 0.3 is 6.09 Å². The lowest BCUT2D eigenvalue weighted by Gasteiger charge is -2.23. The molecule has 0 fully saturated rings. The van der Waals surface area contributed by atoms with E-state index < -0.39 is 12.1 Å². The summed E-state index contributed by atoms with van der Waals surface area (Å²) in [5.41, 5.74) is 1.54. The maximum atomic E-state index is 13.2. The maximum Gasteiger partial charge on any atom is 0.408 e. The largest absolute Gasteiger partial charge is 0.489 e. The van der Waals surface area contributed by atoms with Crippen LogP contribution in [0.25, 0.3) is 0 Å². The van der Waals surface area contributed by atoms with Crippen molar-refractivity contribution in [1.82, 2.24) is 4.90 Å². The van der Waals surface area contributed by atoms with E-state index in [4.69, 9.17) is 4.74 Å². The molecule has 2 rings (SSSR count). The number of hydrogen-bond donors (Lipinski definition) is 1. The molecule has 0 spiro atoms. The lowest BCUT2D eigenvalue weighted by Crippen LogP contribution is -2.38. The average Bonchev–Trinajstić information content (AvgIpc) is 2.63. The highest BCUT2D eigenvalue weighted by atomic mass is 19.1. The SMILES string of the molecule is CO/N=C/C(C)N(Cc1ccc(OCc2cccc(F)c2)cc1)C(=O)O. The van der Waals surface area contributed by atoms with E-state index in [1.54, 1.807) is 43.3 Å². The van der Waals surface area contributed by atoms with Crippen LogP contribution in [-0.2, 0) is 18.0 Å². The summed E-state index contributed by atoms with van der Waals surface area (Å²) >= 11 is 0. The molecule has 7 heteroatoms. The van der Waals surface area contributed by atoms with Gasteiger partial charge < -0.3 is 14.7 Å². The molecule has 0 bridgehead atoms. The first-order valence-corrected chi connectivity index (χ1v) is 8.02. The fraction of sp³-hybridized carbons (Fsp3) is 0.263. The fourth-order valence-electron chi connectivity index (χ4n) is 2.30. The van der Waals surface area contributed by atoms with Crippen molar-refractivity contribution in [2.24, 2.45) is 5.16 Å². The van der Waals surface area contributed by atoms with Gasteiger partial charge in [-0.05, 0) is 42.3 Å². The fourth-order valence-corrected chi connectivity index (χ4v) is 2.30. The summed E-state index contributed by atoms with van der Waals surface area (Å²) in [6.07, 6.45) is 0.372. The number of oxime groups is 1. The molecule has 138 valence electrons. The molecule has 1 unspecified atom stereocenters. The molecule has 6 nitrogen and oxygen atoms in total. The van der Waals surface area contributed by atoms with E-state index in [0.29, 0.717) is 5.75 Å². The first kappa shape index (κ1) is 19.2. The Hall–Kier alpha value is -3.09. The van der Waals surface area contributed by atoms with Crippen LogP contribution in [0, 0.1) is 5.82 Å². The van der Waals surface area contributed by atoms with Gasteiger partial charge in [0.2, 0.25) is 0 Å². The van der Waals surface area contributed by atoms with Gasteiger partial charge in [0.1, 0.15) is 25.3 Å². The molecule has 2 aromatic carbocycles. The van der Waals surface area contributed by atoms with Gasteiger partial charge in [0.25, 0.3) is 0 Å². The second kappa shape index (κ2) is 9.41. The Kier molecular flexibility index (Phi) is 6.96. The zero-order valence-electron chi connectivity index (χ0n) is 14.6. The normalized spacial score (nSPS) is 12.0. The summed E-state index contributed by atoms with van der Waals surface area (Å²) in [5.74, 6) is 0.315. The standard InChI is InChI=1S/C19H21FN2O4/c1-14(11-21-25-2)22(19(23)24)12-15-6-8-18(9-7-15)26-13-16-4-3-5-17(20)10-16/h3-11,14H,12-13H2,1-2H3,(H,23,24)/b21-11+. The number of nitrogens with zero attached hydrogens (tertiary/aromatic N) is 2. The molecule has 26 heavy (non-hydrogen) atoms. The van der Waals surface area contributed by atoms with Crippen LogP contribution >= 0.6 is 0 Å². The van der Waals surface area contributed by atoms with Gasteiger partial charge in [-0.25, -0.2) is 9.18 Å². The first-order chi connectivity index (χ1) is 12.5. The van der Waals surface area contributed by atoms with Crippen molar-refractivity contribution < 1.29 is 23.9 Å². The number of ether oxygens (including phenoxy) is 1. The molecule has 2 aromatic rings. The lowest BCUT2D eigenvalue weighted by molar-refractivity contribution is 0.136. The second-order valence-corrected chi connectivity index (χ2v) is 5.65. The van der Waals surface area contributed by atoms with E-state index in [2.05, 4.69) is 9.99 Å². The third kappa shape index (κ3) is 5.77. The molecule has 0 aliphatic heterocycles. The Balaban J connectivity index is 1.97. The quantitative estimate of drug-likeness (QED) is 0.572. The molecule has 0 aliphatic rings. The number of benzene rings is 2. The highest BCUT2D eigenvalue weighted by molar-refractivity contribution is 5.73. The molecular weight excluding hydrogens is 339 g/mol. The van der Waals surface area contributed by atoms with Gasteiger partial charge in [0.15, 0.2) is 0 Å². The van der Waals surface area contributed by atoms with Gasteiger partial charge in [-0.3, -0.25) is 4.90 Å². The molecule has 0 aromatic heterocycles. The molecule has 0 saturated heterocycles. The van der Waals surface area contributed by atoms with Gasteiger partial charge in [-0.15, -0.1) is 0 Å². The summed E-state index contributed by atoms with van der Waals surface area (Å²) < 4.78 is 18.8. The zero-order valence-corrected chi connectivity index (χ0v) is 14.6. The van der Waals surface area contributed by atoms with Crippen LogP contribution in [0.2, 0.25) is 0 Å². The Morgan fingerprint density at radius 1 is 1.27 bits per heavy atom. The molecule has 0 heterocycles. The van der Waals surface area contributed by atoms with Gasteiger partial charge in [0, 0.05) is 6.54 Å². The van der Waals surface area contributed by atoms with E-state index >= 15 is 0 Å². The molecule has 0 radical (unpaired) electrons. The van der Waals surface area contributed by atoms with Crippen LogP contribution in [0.3, 0.4) is 0 Å². The monoisotopic (exact) mass is 360 g/mol. The Morgan fingerprint density at radius 2 is 2.00 bits per heavy atom. The average molecular weight is 360 g/mol. The molecule has 1 amide bonds. The van der Waals surface area contributed by atoms with Gasteiger partial charge in [-0.2, -0.15) is 0 Å². The summed E-state index contributed by atoms with van der Waals surface area (Å²) in [4.78, 5) is 17.3. The summed E-state index contributed by atoms with van der Waals surface area (Å²) in [6.45, 7) is 2.17. The highest BCUT2D eigenvalue weighted by Gasteiger charge is 2.18. The number of amides is 1. The van der Waals surface area contributed by atoms with E-state index in [-0.39, 0.29) is 19.0 Å². The highest BCUT2D eigenvalue weighted by Crippen LogP contribution is 2.16. The predicted molar refractivity (Wildman–Crippen MR) is 95.7 cm³/mol. The maximum absolute atomic E-state index is 13.2. The van der Waals surface area contributed by atoms with Gasteiger partial charge in [0.05, 0.1) is 12.3 Å². The molecule has 1 N–H and O–H groups in total. The van der Waals surface area contributed by atoms with Crippen molar-refractivity contribution in [3.63, 3.8) is 0 Å². The van der Waals surface area contributed by atoms with Crippen molar-refractivity contribution in [2.45, 2.75) is 26.1 Å². The minimum Gasteiger partial charge on any atom is -0.489 e. The molecule has 0 saturated carbocycles. The minimum atomic E-state index is -1.05. The Labute approximate surface area is 151 Å². The first-order valence-electron chi connectivity index (χ1n) is 8.02. The van der Waals surface area contributed by atoms with Crippen LogP contribution in [0.5, 0.6) is 5.75 Å². The summed E-state index contributed by atoms with van der Waals surface area (Å²) in [6, 6.07) is 12.9. The van der Waals surface area contributed by atoms with E-state index in [9.17, 15) is 14.3 Å². The number of carboxylic acid groups (broad SMARTS) is 1. The van der Waals surface area contributed by atoms with E-state index in [0.717, 1.165) is 11.1 Å². The molecule has 1 atom stereocenters. The number of hydrogen-bond acceptors (Lipinski definition) is 4. The van der Waals surface area contributed by atoms with Crippen molar-refractivity contribution in [3.8, 4) is 5.75 Å². The lowest BCUT2D eigenvalue weighted by atomic mass is 10.2. The van der Waals surface area contributed by atoms with Crippen LogP contribution < -0.4 is 4.74 Å². The number of rotatable bonds is 8. The predicted octanol–water partition coefficient (Wildman–Crippen LogP) is 3.91. The minimum absolute atomic E-state index is 0.205. The summed E-state index contributed by atoms with van der Waals surface area (Å²) in [5, 5.41) is 13.0. The Morgan fingerprint density at radius 3 is 2.62 bits per heavy atom. The zero-order chi connectivity index (χ0) is 18.9. The number of halogens is 1. The van der Waals surface area contributed by atoms with Crippen LogP contribution in [0.4, 0.5) is 9.18 Å². The second-order valence-electron chi connectivity index (χ2n) is 5.65. The third-order valence-electron chi connectivity index (χ3n) is 3.69.